The van der Waals surface area contributed by atoms with Gasteiger partial charge in [0.1, 0.15) is 0 Å². The fourth-order valence-electron chi connectivity index (χ4n) is 5.30. The van der Waals surface area contributed by atoms with E-state index in [9.17, 15) is 0 Å². The zero-order valence-corrected chi connectivity index (χ0v) is 16.3. The Bertz CT molecular complexity index is 1000. The van der Waals surface area contributed by atoms with Gasteiger partial charge in [0.15, 0.2) is 23.0 Å². The summed E-state index contributed by atoms with van der Waals surface area (Å²) >= 11 is 0. The Morgan fingerprint density at radius 2 is 1.86 bits per heavy atom. The molecule has 0 fully saturated rings. The predicted molar refractivity (Wildman–Crippen MR) is 106 cm³/mol. The number of nitrogens with zero attached hydrogens (tertiary/aromatic N) is 1. The van der Waals surface area contributed by atoms with E-state index in [-0.39, 0.29) is 31.6 Å². The highest BCUT2D eigenvalue weighted by atomic mass is 16.7. The van der Waals surface area contributed by atoms with Gasteiger partial charge in [-0.1, -0.05) is 12.1 Å². The van der Waals surface area contributed by atoms with Crippen molar-refractivity contribution in [2.75, 3.05) is 27.2 Å². The van der Waals surface area contributed by atoms with Crippen molar-refractivity contribution in [2.45, 2.75) is 31.0 Å². The minimum absolute atomic E-state index is 0.0349. The number of rotatable bonds is 3. The van der Waals surface area contributed by atoms with Crippen LogP contribution in [0.3, 0.4) is 0 Å². The molecule has 0 saturated carbocycles. The number of fused-ring (bicyclic) bond motifs is 8. The first kappa shape index (κ1) is 17.2. The lowest BCUT2D eigenvalue weighted by atomic mass is 9.70. The molecule has 0 aromatic heterocycles. The molecule has 6 nitrogen and oxygen atoms in total. The van der Waals surface area contributed by atoms with Gasteiger partial charge in [-0.25, -0.2) is 0 Å². The summed E-state index contributed by atoms with van der Waals surface area (Å²) in [4.78, 5) is 2.39. The molecule has 3 heterocycles. The van der Waals surface area contributed by atoms with E-state index in [0.717, 1.165) is 36.0 Å². The molecule has 150 valence electrons. The van der Waals surface area contributed by atoms with Crippen LogP contribution in [-0.4, -0.2) is 38.2 Å². The quantitative estimate of drug-likeness (QED) is 0.744. The van der Waals surface area contributed by atoms with Gasteiger partial charge >= 0.3 is 0 Å². The van der Waals surface area contributed by atoms with E-state index in [4.69, 9.17) is 23.7 Å². The highest BCUT2D eigenvalue weighted by Gasteiger charge is 2.46. The molecule has 0 spiro atoms. The standard InChI is InChI=1S/C23H23NO5/c1-3-6-25-20-8-13-7-18-19(28-11-27-18)9-15(13)22-21(20)14-4-5-17-23(29-12-26-17)16(14)10-24(22)2/h3-5,7,9,20-22H,1,6,8,10-12H2,2H3/t20-,21-,22+/m0/s1. The average molecular weight is 393 g/mol. The maximum atomic E-state index is 6.31. The van der Waals surface area contributed by atoms with Crippen molar-refractivity contribution in [3.05, 3.63) is 59.2 Å². The van der Waals surface area contributed by atoms with Gasteiger partial charge in [0.25, 0.3) is 0 Å². The maximum Gasteiger partial charge on any atom is 0.231 e. The van der Waals surface area contributed by atoms with E-state index in [2.05, 4.69) is 36.7 Å². The Morgan fingerprint density at radius 1 is 1.07 bits per heavy atom. The molecule has 4 aliphatic rings. The molecule has 3 atom stereocenters. The Labute approximate surface area is 169 Å². The van der Waals surface area contributed by atoms with Gasteiger partial charge in [0.2, 0.25) is 13.6 Å². The molecule has 6 rings (SSSR count). The van der Waals surface area contributed by atoms with E-state index >= 15 is 0 Å². The van der Waals surface area contributed by atoms with Gasteiger partial charge in [-0.3, -0.25) is 4.90 Å². The van der Waals surface area contributed by atoms with Crippen molar-refractivity contribution >= 4 is 0 Å². The molecular weight excluding hydrogens is 370 g/mol. The lowest BCUT2D eigenvalue weighted by molar-refractivity contribution is 0.00756. The van der Waals surface area contributed by atoms with Crippen molar-refractivity contribution in [1.29, 1.82) is 0 Å². The Morgan fingerprint density at radius 3 is 2.72 bits per heavy atom. The van der Waals surface area contributed by atoms with E-state index in [1.807, 2.05) is 12.1 Å². The van der Waals surface area contributed by atoms with Crippen LogP contribution in [-0.2, 0) is 17.7 Å². The first-order chi connectivity index (χ1) is 14.2. The SMILES string of the molecule is C=CCO[C@H]1Cc2cc3c(cc2[C@@H]2[C@H]1c1ccc4c(c1CN2C)OCO4)OCO3. The zero-order chi connectivity index (χ0) is 19.5. The van der Waals surface area contributed by atoms with Crippen LogP contribution < -0.4 is 18.9 Å². The smallest absolute Gasteiger partial charge is 0.231 e. The topological polar surface area (TPSA) is 49.4 Å². The summed E-state index contributed by atoms with van der Waals surface area (Å²) in [5.74, 6) is 3.56. The summed E-state index contributed by atoms with van der Waals surface area (Å²) in [7, 11) is 2.17. The van der Waals surface area contributed by atoms with Crippen molar-refractivity contribution in [3.8, 4) is 23.0 Å². The molecular formula is C23H23NO5. The summed E-state index contributed by atoms with van der Waals surface area (Å²) in [6, 6.07) is 8.70. The van der Waals surface area contributed by atoms with Crippen molar-refractivity contribution in [1.82, 2.24) is 4.90 Å². The van der Waals surface area contributed by atoms with E-state index < -0.39 is 0 Å². The van der Waals surface area contributed by atoms with Gasteiger partial charge in [-0.15, -0.1) is 6.58 Å². The third-order valence-electron chi connectivity index (χ3n) is 6.46. The lowest BCUT2D eigenvalue weighted by Gasteiger charge is -2.47. The number of ether oxygens (including phenoxy) is 5. The molecule has 1 aliphatic carbocycles. The summed E-state index contributed by atoms with van der Waals surface area (Å²) < 4.78 is 29.1. The van der Waals surface area contributed by atoms with E-state index in [1.165, 1.54) is 22.3 Å². The minimum atomic E-state index is 0.0349. The van der Waals surface area contributed by atoms with Crippen LogP contribution in [0.5, 0.6) is 23.0 Å². The van der Waals surface area contributed by atoms with Gasteiger partial charge in [0, 0.05) is 24.1 Å². The number of likely N-dealkylation sites (N-methyl/N-ethyl adjacent to an activating group) is 1. The number of hydrogen-bond donors (Lipinski definition) is 0. The first-order valence-corrected chi connectivity index (χ1v) is 10.0. The molecule has 0 bridgehead atoms. The summed E-state index contributed by atoms with van der Waals surface area (Å²) in [6.07, 6.45) is 2.67. The van der Waals surface area contributed by atoms with Gasteiger partial charge in [-0.05, 0) is 48.4 Å². The fourth-order valence-corrected chi connectivity index (χ4v) is 5.30. The molecule has 29 heavy (non-hydrogen) atoms. The molecule has 6 heteroatoms. The van der Waals surface area contributed by atoms with Crippen LogP contribution in [0.25, 0.3) is 0 Å². The Balaban J connectivity index is 1.51. The first-order valence-electron chi connectivity index (χ1n) is 10.0. The molecule has 0 radical (unpaired) electrons. The van der Waals surface area contributed by atoms with Crippen LogP contribution in [0, 0.1) is 0 Å². The zero-order valence-electron chi connectivity index (χ0n) is 16.3. The predicted octanol–water partition coefficient (Wildman–Crippen LogP) is 3.54. The van der Waals surface area contributed by atoms with E-state index in [1.54, 1.807) is 0 Å². The monoisotopic (exact) mass is 393 g/mol. The highest BCUT2D eigenvalue weighted by molar-refractivity contribution is 5.58. The van der Waals surface area contributed by atoms with Crippen molar-refractivity contribution in [2.24, 2.45) is 0 Å². The molecule has 0 amide bonds. The molecule has 0 saturated heterocycles. The summed E-state index contributed by atoms with van der Waals surface area (Å²) in [6.45, 7) is 5.73. The largest absolute Gasteiger partial charge is 0.454 e. The highest BCUT2D eigenvalue weighted by Crippen LogP contribution is 2.54. The fraction of sp³-hybridized carbons (Fsp3) is 0.391. The Hall–Kier alpha value is -2.70. The van der Waals surface area contributed by atoms with Gasteiger partial charge in [-0.2, -0.15) is 0 Å². The lowest BCUT2D eigenvalue weighted by Crippen LogP contribution is -2.44. The van der Waals surface area contributed by atoms with Crippen molar-refractivity contribution in [3.63, 3.8) is 0 Å². The second-order valence-corrected chi connectivity index (χ2v) is 8.02. The van der Waals surface area contributed by atoms with Crippen LogP contribution in [0.2, 0.25) is 0 Å². The van der Waals surface area contributed by atoms with Crippen molar-refractivity contribution < 1.29 is 23.7 Å². The number of benzene rings is 2. The number of hydrogen-bond acceptors (Lipinski definition) is 6. The van der Waals surface area contributed by atoms with E-state index in [0.29, 0.717) is 6.61 Å². The summed E-state index contributed by atoms with van der Waals surface area (Å²) in [5.41, 5.74) is 5.05. The second kappa shape index (κ2) is 6.40. The molecule has 0 N–H and O–H groups in total. The van der Waals surface area contributed by atoms with Gasteiger partial charge < -0.3 is 23.7 Å². The average Bonchev–Trinajstić information content (AvgIpc) is 3.39. The van der Waals surface area contributed by atoms with Crippen LogP contribution >= 0.6 is 0 Å². The van der Waals surface area contributed by atoms with Crippen LogP contribution in [0.15, 0.2) is 36.9 Å². The second-order valence-electron chi connectivity index (χ2n) is 8.02. The molecule has 2 aromatic rings. The minimum Gasteiger partial charge on any atom is -0.454 e. The maximum absolute atomic E-state index is 6.31. The van der Waals surface area contributed by atoms with Gasteiger partial charge in [0.05, 0.1) is 12.7 Å². The van der Waals surface area contributed by atoms with Crippen LogP contribution in [0.4, 0.5) is 0 Å². The van der Waals surface area contributed by atoms with Crippen LogP contribution in [0.1, 0.15) is 34.2 Å². The summed E-state index contributed by atoms with van der Waals surface area (Å²) in [5, 5.41) is 0. The third kappa shape index (κ3) is 2.49. The Kier molecular flexibility index (Phi) is 3.79. The molecule has 2 aromatic carbocycles. The third-order valence-corrected chi connectivity index (χ3v) is 6.46. The normalized spacial score (nSPS) is 25.9. The molecule has 3 aliphatic heterocycles. The molecule has 0 unspecified atom stereocenters.